The number of ether oxygens (including phenoxy) is 4. The summed E-state index contributed by atoms with van der Waals surface area (Å²) in [6, 6.07) is 4.03. The molecule has 2 amide bonds. The standard InChI is InChI=1S/C28H41N3O9/c1-22(19-32)9-11-37-13-15-39-17-18-40-16-14-38-12-10-30-25-6-4-5-23(20-33)27(25)28(36)31(3)24(21-34)7-8-26(35)29-2/h4-6,19-21,24,30H,1,7-18H2,2-3H3,(H,29,35). The van der Waals surface area contributed by atoms with E-state index in [-0.39, 0.29) is 29.9 Å². The number of aldehydes is 3. The Morgan fingerprint density at radius 1 is 0.925 bits per heavy atom. The molecule has 0 fully saturated rings. The van der Waals surface area contributed by atoms with Gasteiger partial charge in [0.1, 0.15) is 12.6 Å². The van der Waals surface area contributed by atoms with Gasteiger partial charge >= 0.3 is 0 Å². The first-order valence-electron chi connectivity index (χ1n) is 13.1. The van der Waals surface area contributed by atoms with Crippen LogP contribution in [0, 0.1) is 0 Å². The van der Waals surface area contributed by atoms with Gasteiger partial charge in [-0.3, -0.25) is 19.2 Å². The molecule has 12 heteroatoms. The highest BCUT2D eigenvalue weighted by molar-refractivity contribution is 6.06. The Hall–Kier alpha value is -3.45. The van der Waals surface area contributed by atoms with Crippen molar-refractivity contribution in [2.24, 2.45) is 0 Å². The summed E-state index contributed by atoms with van der Waals surface area (Å²) in [4.78, 5) is 59.7. The van der Waals surface area contributed by atoms with Crippen molar-refractivity contribution >= 4 is 36.4 Å². The van der Waals surface area contributed by atoms with Crippen LogP contribution >= 0.6 is 0 Å². The first-order valence-corrected chi connectivity index (χ1v) is 13.1. The van der Waals surface area contributed by atoms with Gasteiger partial charge in [-0.1, -0.05) is 18.7 Å². The van der Waals surface area contributed by atoms with Crippen molar-refractivity contribution in [2.45, 2.75) is 25.3 Å². The van der Waals surface area contributed by atoms with Crippen LogP contribution in [0.5, 0.6) is 0 Å². The summed E-state index contributed by atoms with van der Waals surface area (Å²) in [5.41, 5.74) is 1.27. The van der Waals surface area contributed by atoms with E-state index in [9.17, 15) is 24.0 Å². The Bertz CT molecular complexity index is 955. The molecule has 0 aliphatic rings. The van der Waals surface area contributed by atoms with E-state index in [2.05, 4.69) is 17.2 Å². The maximum atomic E-state index is 13.2. The molecule has 0 radical (unpaired) electrons. The normalized spacial score (nSPS) is 11.3. The van der Waals surface area contributed by atoms with E-state index < -0.39 is 11.9 Å². The molecule has 1 unspecified atom stereocenters. The van der Waals surface area contributed by atoms with Gasteiger partial charge in [-0.15, -0.1) is 0 Å². The zero-order valence-electron chi connectivity index (χ0n) is 23.4. The highest BCUT2D eigenvalue weighted by Gasteiger charge is 2.25. The number of likely N-dealkylation sites (N-methyl/N-ethyl adjacent to an activating group) is 1. The minimum Gasteiger partial charge on any atom is -0.382 e. The number of hydrogen-bond donors (Lipinski definition) is 2. The van der Waals surface area contributed by atoms with Crippen molar-refractivity contribution in [3.8, 4) is 0 Å². The highest BCUT2D eigenvalue weighted by Crippen LogP contribution is 2.22. The van der Waals surface area contributed by atoms with Gasteiger partial charge < -0.3 is 39.3 Å². The van der Waals surface area contributed by atoms with Gasteiger partial charge in [-0.05, 0) is 24.5 Å². The van der Waals surface area contributed by atoms with Crippen LogP contribution in [0.2, 0.25) is 0 Å². The number of hydrogen-bond acceptors (Lipinski definition) is 10. The molecular formula is C28H41N3O9. The molecule has 1 aromatic carbocycles. The average Bonchev–Trinajstić information content (AvgIpc) is 2.98. The van der Waals surface area contributed by atoms with E-state index in [0.29, 0.717) is 89.7 Å². The molecule has 0 saturated heterocycles. The molecule has 0 spiro atoms. The van der Waals surface area contributed by atoms with Gasteiger partial charge in [0.2, 0.25) is 5.91 Å². The minimum atomic E-state index is -0.820. The molecule has 1 aromatic rings. The van der Waals surface area contributed by atoms with Crippen LogP contribution in [0.15, 0.2) is 30.4 Å². The molecule has 222 valence electrons. The smallest absolute Gasteiger partial charge is 0.257 e. The van der Waals surface area contributed by atoms with Gasteiger partial charge in [-0.2, -0.15) is 0 Å². The molecule has 2 N–H and O–H groups in total. The third-order valence-corrected chi connectivity index (χ3v) is 5.77. The van der Waals surface area contributed by atoms with Crippen molar-refractivity contribution < 1.29 is 42.9 Å². The third-order valence-electron chi connectivity index (χ3n) is 5.77. The Morgan fingerprint density at radius 3 is 2.08 bits per heavy atom. The van der Waals surface area contributed by atoms with Crippen molar-refractivity contribution in [1.82, 2.24) is 10.2 Å². The number of nitrogens with zero attached hydrogens (tertiary/aromatic N) is 1. The summed E-state index contributed by atoms with van der Waals surface area (Å²) >= 11 is 0. The largest absolute Gasteiger partial charge is 0.382 e. The lowest BCUT2D eigenvalue weighted by atomic mass is 10.0. The summed E-state index contributed by atoms with van der Waals surface area (Å²) in [5.74, 6) is -0.745. The Kier molecular flexibility index (Phi) is 18.5. The van der Waals surface area contributed by atoms with Crippen LogP contribution in [-0.2, 0) is 33.3 Å². The van der Waals surface area contributed by atoms with Crippen molar-refractivity contribution in [3.63, 3.8) is 0 Å². The fraction of sp³-hybridized carbons (Fsp3) is 0.536. The Balaban J connectivity index is 2.36. The summed E-state index contributed by atoms with van der Waals surface area (Å²) in [6.07, 6.45) is 2.68. The number of rotatable bonds is 24. The van der Waals surface area contributed by atoms with Gasteiger partial charge in [-0.25, -0.2) is 0 Å². The molecule has 0 bridgehead atoms. The fourth-order valence-electron chi connectivity index (χ4n) is 3.42. The predicted octanol–water partition coefficient (Wildman–Crippen LogP) is 1.29. The molecule has 0 heterocycles. The van der Waals surface area contributed by atoms with Crippen molar-refractivity contribution in [2.75, 3.05) is 78.8 Å². The quantitative estimate of drug-likeness (QED) is 0.107. The van der Waals surface area contributed by atoms with Crippen molar-refractivity contribution in [1.29, 1.82) is 0 Å². The molecule has 40 heavy (non-hydrogen) atoms. The monoisotopic (exact) mass is 563 g/mol. The molecular weight excluding hydrogens is 522 g/mol. The number of anilines is 1. The SMILES string of the molecule is C=C(C=O)CCOCCOCCOCCOCCNc1cccc(C=O)c1C(=O)N(C)C(C=O)CCC(=O)NC. The minimum absolute atomic E-state index is 0.0856. The molecule has 1 atom stereocenters. The van der Waals surface area contributed by atoms with Gasteiger partial charge in [0.25, 0.3) is 5.91 Å². The number of benzene rings is 1. The van der Waals surface area contributed by atoms with E-state index in [1.54, 1.807) is 12.1 Å². The molecule has 0 aliphatic heterocycles. The van der Waals surface area contributed by atoms with Crippen molar-refractivity contribution in [3.05, 3.63) is 41.5 Å². The third kappa shape index (κ3) is 13.6. The zero-order chi connectivity index (χ0) is 29.6. The van der Waals surface area contributed by atoms with E-state index in [1.165, 1.54) is 25.1 Å². The summed E-state index contributed by atoms with van der Waals surface area (Å²) in [5, 5.41) is 5.59. The summed E-state index contributed by atoms with van der Waals surface area (Å²) in [6.45, 7) is 7.12. The van der Waals surface area contributed by atoms with E-state index in [1.807, 2.05) is 0 Å². The van der Waals surface area contributed by atoms with Crippen LogP contribution in [-0.4, -0.2) is 115 Å². The second-order valence-electron chi connectivity index (χ2n) is 8.62. The maximum Gasteiger partial charge on any atom is 0.257 e. The predicted molar refractivity (Wildman–Crippen MR) is 149 cm³/mol. The lowest BCUT2D eigenvalue weighted by Gasteiger charge is -2.25. The number of carbonyl (C=O) groups is 5. The lowest BCUT2D eigenvalue weighted by Crippen LogP contribution is -2.39. The van der Waals surface area contributed by atoms with Gasteiger partial charge in [0, 0.05) is 38.3 Å². The van der Waals surface area contributed by atoms with Crippen LogP contribution in [0.3, 0.4) is 0 Å². The first-order chi connectivity index (χ1) is 19.4. The average molecular weight is 564 g/mol. The van der Waals surface area contributed by atoms with Gasteiger partial charge in [0.15, 0.2) is 6.29 Å². The highest BCUT2D eigenvalue weighted by atomic mass is 16.6. The van der Waals surface area contributed by atoms with Crippen LogP contribution < -0.4 is 10.6 Å². The second-order valence-corrected chi connectivity index (χ2v) is 8.62. The Labute approximate surface area is 235 Å². The molecule has 12 nitrogen and oxygen atoms in total. The zero-order valence-corrected chi connectivity index (χ0v) is 23.4. The topological polar surface area (TPSA) is 150 Å². The summed E-state index contributed by atoms with van der Waals surface area (Å²) in [7, 11) is 2.96. The lowest BCUT2D eigenvalue weighted by molar-refractivity contribution is -0.121. The Morgan fingerprint density at radius 2 is 1.52 bits per heavy atom. The number of nitrogens with one attached hydrogen (secondary N) is 2. The first kappa shape index (κ1) is 34.6. The van der Waals surface area contributed by atoms with Crippen LogP contribution in [0.1, 0.15) is 40.0 Å². The fourth-order valence-corrected chi connectivity index (χ4v) is 3.42. The van der Waals surface area contributed by atoms with E-state index in [0.717, 1.165) is 6.29 Å². The van der Waals surface area contributed by atoms with Crippen LogP contribution in [0.4, 0.5) is 5.69 Å². The molecule has 0 aromatic heterocycles. The number of carbonyl (C=O) groups excluding carboxylic acids is 5. The van der Waals surface area contributed by atoms with Crippen LogP contribution in [0.25, 0.3) is 0 Å². The number of amides is 2. The maximum absolute atomic E-state index is 13.2. The summed E-state index contributed by atoms with van der Waals surface area (Å²) < 4.78 is 21.7. The molecule has 0 aliphatic carbocycles. The van der Waals surface area contributed by atoms with E-state index >= 15 is 0 Å². The second kappa shape index (κ2) is 21.4. The van der Waals surface area contributed by atoms with E-state index in [4.69, 9.17) is 18.9 Å². The molecule has 0 saturated carbocycles. The molecule has 1 rings (SSSR count). The van der Waals surface area contributed by atoms with Gasteiger partial charge in [0.05, 0.1) is 64.5 Å².